The Morgan fingerprint density at radius 2 is 2.19 bits per heavy atom. The maximum Gasteiger partial charge on any atom is 0.277 e. The first kappa shape index (κ1) is 13.1. The highest BCUT2D eigenvalue weighted by molar-refractivity contribution is 7.91. The van der Waals surface area contributed by atoms with Gasteiger partial charge in [-0.2, -0.15) is 0 Å². The second-order valence-corrected chi connectivity index (χ2v) is 6.49. The number of thiophene rings is 1. The molecule has 0 aliphatic rings. The summed E-state index contributed by atoms with van der Waals surface area (Å²) < 4.78 is 30.8. The zero-order chi connectivity index (χ0) is 12.5. The Morgan fingerprint density at radius 1 is 1.62 bits per heavy atom. The van der Waals surface area contributed by atoms with Gasteiger partial charge in [-0.15, -0.1) is 11.3 Å². The summed E-state index contributed by atoms with van der Waals surface area (Å²) in [7, 11) is 1.23. The summed E-state index contributed by atoms with van der Waals surface area (Å²) in [4.78, 5) is 0. The molecule has 0 aromatic carbocycles. The summed E-state index contributed by atoms with van der Waals surface area (Å²) in [5, 5.41) is 1.76. The van der Waals surface area contributed by atoms with Gasteiger partial charge in [0.1, 0.15) is 13.6 Å². The topological polar surface area (TPSA) is 46.6 Å². The van der Waals surface area contributed by atoms with E-state index >= 15 is 0 Å². The number of hydrogen-bond donors (Lipinski definition) is 0. The molecule has 1 rings (SSSR count). The molecule has 0 amide bonds. The number of hydrogen-bond acceptors (Lipinski definition) is 4. The van der Waals surface area contributed by atoms with Crippen LogP contribution in [0, 0.1) is 0 Å². The van der Waals surface area contributed by atoms with E-state index in [2.05, 4.69) is 6.58 Å². The van der Waals surface area contributed by atoms with E-state index in [1.54, 1.807) is 12.3 Å². The zero-order valence-corrected chi connectivity index (χ0v) is 11.4. The van der Waals surface area contributed by atoms with Crippen LogP contribution in [0.2, 0.25) is 0 Å². The molecule has 0 spiro atoms. The van der Waals surface area contributed by atoms with E-state index < -0.39 is 10.0 Å². The fraction of sp³-hybridized carbons (Fsp3) is 0.333. The van der Waals surface area contributed by atoms with Crippen molar-refractivity contribution < 1.29 is 13.2 Å². The standard InChI is InChI=1S/C9H14BNO3S2/c1-6(2)11(3)16(12,13)9-8(14-4)7(10)5-15-9/h5H,1,10H2,2-4H3. The van der Waals surface area contributed by atoms with Gasteiger partial charge >= 0.3 is 0 Å². The molecule has 88 valence electrons. The molecule has 0 atom stereocenters. The average Bonchev–Trinajstić information content (AvgIpc) is 2.58. The third-order valence-electron chi connectivity index (χ3n) is 2.22. The van der Waals surface area contributed by atoms with Crippen LogP contribution in [-0.4, -0.2) is 34.7 Å². The van der Waals surface area contributed by atoms with Gasteiger partial charge in [0.2, 0.25) is 0 Å². The van der Waals surface area contributed by atoms with Gasteiger partial charge in [0, 0.05) is 12.7 Å². The molecule has 0 aliphatic carbocycles. The van der Waals surface area contributed by atoms with Gasteiger partial charge in [-0.25, -0.2) is 8.42 Å². The molecule has 7 heteroatoms. The number of sulfonamides is 1. The highest BCUT2D eigenvalue weighted by Crippen LogP contribution is 2.30. The van der Waals surface area contributed by atoms with Crippen molar-refractivity contribution in [2.75, 3.05) is 14.2 Å². The van der Waals surface area contributed by atoms with Crippen LogP contribution in [0.3, 0.4) is 0 Å². The van der Waals surface area contributed by atoms with E-state index in [4.69, 9.17) is 4.74 Å². The lowest BCUT2D eigenvalue weighted by Gasteiger charge is -2.18. The lowest BCUT2D eigenvalue weighted by atomic mass is 10.0. The molecule has 0 saturated carbocycles. The predicted octanol–water partition coefficient (Wildman–Crippen LogP) is 0.169. The minimum absolute atomic E-state index is 0.220. The number of ether oxygens (including phenoxy) is 1. The Hall–Kier alpha value is -0.945. The summed E-state index contributed by atoms with van der Waals surface area (Å²) >= 11 is 1.16. The smallest absolute Gasteiger partial charge is 0.277 e. The van der Waals surface area contributed by atoms with Crippen molar-refractivity contribution in [1.82, 2.24) is 4.31 Å². The zero-order valence-electron chi connectivity index (χ0n) is 9.77. The first-order chi connectivity index (χ1) is 7.32. The summed E-state index contributed by atoms with van der Waals surface area (Å²) in [6, 6.07) is 0. The molecule has 0 saturated heterocycles. The summed E-state index contributed by atoms with van der Waals surface area (Å²) in [5.74, 6) is 0.415. The van der Waals surface area contributed by atoms with Crippen LogP contribution in [0.15, 0.2) is 21.9 Å². The molecule has 0 unspecified atom stereocenters. The minimum atomic E-state index is -3.53. The van der Waals surface area contributed by atoms with Crippen molar-refractivity contribution in [2.45, 2.75) is 11.1 Å². The number of methoxy groups -OCH3 is 1. The quantitative estimate of drug-likeness (QED) is 0.724. The molecule has 1 aromatic rings. The highest BCUT2D eigenvalue weighted by Gasteiger charge is 2.27. The molecule has 0 radical (unpaired) electrons. The van der Waals surface area contributed by atoms with Crippen LogP contribution >= 0.6 is 11.3 Å². The molecule has 16 heavy (non-hydrogen) atoms. The number of nitrogens with zero attached hydrogens (tertiary/aromatic N) is 1. The number of rotatable bonds is 4. The van der Waals surface area contributed by atoms with Crippen LogP contribution in [0.5, 0.6) is 5.75 Å². The SMILES string of the molecule is Bc1csc(S(=O)(=O)N(C)C(=C)C)c1OC. The maximum absolute atomic E-state index is 12.2. The van der Waals surface area contributed by atoms with Crippen LogP contribution in [0.4, 0.5) is 0 Å². The van der Waals surface area contributed by atoms with Crippen molar-refractivity contribution in [2.24, 2.45) is 0 Å². The van der Waals surface area contributed by atoms with Gasteiger partial charge in [0.25, 0.3) is 10.0 Å². The molecule has 4 nitrogen and oxygen atoms in total. The van der Waals surface area contributed by atoms with Crippen LogP contribution in [0.25, 0.3) is 0 Å². The average molecular weight is 259 g/mol. The van der Waals surface area contributed by atoms with Gasteiger partial charge in [0.05, 0.1) is 7.11 Å². The van der Waals surface area contributed by atoms with Crippen LogP contribution < -0.4 is 10.2 Å². The maximum atomic E-state index is 12.2. The van der Waals surface area contributed by atoms with E-state index in [9.17, 15) is 8.42 Å². The summed E-state index contributed by atoms with van der Waals surface area (Å²) in [6.07, 6.45) is 0. The summed E-state index contributed by atoms with van der Waals surface area (Å²) in [5.41, 5.74) is 1.29. The van der Waals surface area contributed by atoms with Crippen molar-refractivity contribution in [3.8, 4) is 5.75 Å². The van der Waals surface area contributed by atoms with E-state index in [0.29, 0.717) is 11.4 Å². The molecule has 0 N–H and O–H groups in total. The van der Waals surface area contributed by atoms with E-state index in [1.807, 2.05) is 7.85 Å². The van der Waals surface area contributed by atoms with E-state index in [-0.39, 0.29) is 4.21 Å². The van der Waals surface area contributed by atoms with Crippen molar-refractivity contribution in [1.29, 1.82) is 0 Å². The monoisotopic (exact) mass is 259 g/mol. The lowest BCUT2D eigenvalue weighted by Crippen LogP contribution is -2.24. The second-order valence-electron chi connectivity index (χ2n) is 3.45. The normalized spacial score (nSPS) is 11.2. The van der Waals surface area contributed by atoms with Gasteiger partial charge in [-0.1, -0.05) is 6.58 Å². The molecule has 0 fully saturated rings. The Kier molecular flexibility index (Phi) is 3.70. The Bertz CT molecular complexity index is 507. The predicted molar refractivity (Wildman–Crippen MR) is 68.8 cm³/mol. The van der Waals surface area contributed by atoms with Crippen molar-refractivity contribution in [3.63, 3.8) is 0 Å². The van der Waals surface area contributed by atoms with Crippen LogP contribution in [-0.2, 0) is 10.0 Å². The minimum Gasteiger partial charge on any atom is -0.495 e. The van der Waals surface area contributed by atoms with E-state index in [1.165, 1.54) is 14.2 Å². The number of allylic oxidation sites excluding steroid dienone is 1. The largest absolute Gasteiger partial charge is 0.495 e. The highest BCUT2D eigenvalue weighted by atomic mass is 32.2. The molecule has 1 heterocycles. The third kappa shape index (κ3) is 2.10. The fourth-order valence-corrected chi connectivity index (χ4v) is 4.01. The summed E-state index contributed by atoms with van der Waals surface area (Å²) in [6.45, 7) is 5.26. The molecule has 0 aliphatic heterocycles. The Morgan fingerprint density at radius 3 is 2.62 bits per heavy atom. The molecule has 1 aromatic heterocycles. The van der Waals surface area contributed by atoms with Crippen LogP contribution in [0.1, 0.15) is 6.92 Å². The second kappa shape index (κ2) is 4.51. The fourth-order valence-electron chi connectivity index (χ4n) is 1.16. The molecular weight excluding hydrogens is 245 g/mol. The van der Waals surface area contributed by atoms with Gasteiger partial charge in [-0.05, 0) is 17.8 Å². The molecular formula is C9H14BNO3S2. The van der Waals surface area contributed by atoms with Gasteiger partial charge in [0.15, 0.2) is 4.21 Å². The van der Waals surface area contributed by atoms with Crippen molar-refractivity contribution in [3.05, 3.63) is 17.7 Å². The lowest BCUT2D eigenvalue weighted by molar-refractivity contribution is 0.408. The Labute approximate surface area is 101 Å². The Balaban J connectivity index is 3.33. The van der Waals surface area contributed by atoms with Gasteiger partial charge < -0.3 is 4.74 Å². The van der Waals surface area contributed by atoms with Gasteiger partial charge in [-0.3, -0.25) is 4.31 Å². The first-order valence-electron chi connectivity index (χ1n) is 4.59. The third-order valence-corrected chi connectivity index (χ3v) is 5.70. The van der Waals surface area contributed by atoms with E-state index in [0.717, 1.165) is 21.1 Å². The molecule has 0 bridgehead atoms. The van der Waals surface area contributed by atoms with Crippen molar-refractivity contribution >= 4 is 34.7 Å². The first-order valence-corrected chi connectivity index (χ1v) is 6.90.